The second-order valence-electron chi connectivity index (χ2n) is 4.56. The predicted molar refractivity (Wildman–Crippen MR) is 66.8 cm³/mol. The summed E-state index contributed by atoms with van der Waals surface area (Å²) in [6, 6.07) is 5.12. The molecular formula is C14H14F3NO. The van der Waals surface area contributed by atoms with Crippen molar-refractivity contribution in [1.82, 2.24) is 0 Å². The summed E-state index contributed by atoms with van der Waals surface area (Å²) in [7, 11) is 1.68. The Bertz CT molecular complexity index is 520. The van der Waals surface area contributed by atoms with Crippen LogP contribution in [0.25, 0.3) is 0 Å². The summed E-state index contributed by atoms with van der Waals surface area (Å²) < 4.78 is 37.9. The number of hydrogen-bond donors (Lipinski definition) is 0. The first-order valence-corrected chi connectivity index (χ1v) is 6.02. The summed E-state index contributed by atoms with van der Waals surface area (Å²) >= 11 is 0. The third-order valence-electron chi connectivity index (χ3n) is 3.18. The maximum atomic E-state index is 12.6. The van der Waals surface area contributed by atoms with Gasteiger partial charge in [-0.15, -0.1) is 0 Å². The van der Waals surface area contributed by atoms with Crippen LogP contribution in [0.4, 0.5) is 18.9 Å². The fourth-order valence-electron chi connectivity index (χ4n) is 2.10. The smallest absolute Gasteiger partial charge is 0.348 e. The third-order valence-corrected chi connectivity index (χ3v) is 3.18. The van der Waals surface area contributed by atoms with E-state index in [9.17, 15) is 18.0 Å². The van der Waals surface area contributed by atoms with Crippen molar-refractivity contribution in [1.29, 1.82) is 0 Å². The molecule has 0 fully saturated rings. The molecule has 0 bridgehead atoms. The first-order valence-electron chi connectivity index (χ1n) is 6.02. The molecule has 1 aromatic rings. The second-order valence-corrected chi connectivity index (χ2v) is 4.56. The predicted octanol–water partition coefficient (Wildman–Crippen LogP) is 3.78. The van der Waals surface area contributed by atoms with Crippen LogP contribution in [0.1, 0.15) is 24.8 Å². The van der Waals surface area contributed by atoms with E-state index in [-0.39, 0.29) is 5.78 Å². The number of hydrogen-bond acceptors (Lipinski definition) is 2. The van der Waals surface area contributed by atoms with Gasteiger partial charge in [0.05, 0.1) is 5.56 Å². The van der Waals surface area contributed by atoms with E-state index < -0.39 is 11.7 Å². The van der Waals surface area contributed by atoms with Gasteiger partial charge in [0.2, 0.25) is 0 Å². The highest BCUT2D eigenvalue weighted by molar-refractivity contribution is 5.91. The lowest BCUT2D eigenvalue weighted by Crippen LogP contribution is -2.21. The average Bonchev–Trinajstić information content (AvgIpc) is 2.37. The summed E-state index contributed by atoms with van der Waals surface area (Å²) in [5.74, 6) is 0.0278. The number of allylic oxidation sites excluding steroid dienone is 2. The van der Waals surface area contributed by atoms with Crippen LogP contribution in [0.5, 0.6) is 0 Å². The average molecular weight is 269 g/mol. The van der Waals surface area contributed by atoms with Gasteiger partial charge in [0.1, 0.15) is 0 Å². The quantitative estimate of drug-likeness (QED) is 0.814. The number of anilines is 1. The van der Waals surface area contributed by atoms with Gasteiger partial charge < -0.3 is 4.90 Å². The molecule has 0 saturated heterocycles. The Morgan fingerprint density at radius 3 is 2.58 bits per heavy atom. The van der Waals surface area contributed by atoms with E-state index in [1.54, 1.807) is 18.0 Å². The molecule has 5 heteroatoms. The number of carbonyl (C=O) groups excluding carboxylic acids is 1. The van der Waals surface area contributed by atoms with Crippen LogP contribution in [-0.4, -0.2) is 12.8 Å². The molecule has 0 aromatic heterocycles. The number of alkyl halides is 3. The van der Waals surface area contributed by atoms with Gasteiger partial charge in [0.15, 0.2) is 5.78 Å². The van der Waals surface area contributed by atoms with Gasteiger partial charge in [0.25, 0.3) is 0 Å². The first-order chi connectivity index (χ1) is 8.88. The Kier molecular flexibility index (Phi) is 3.64. The Morgan fingerprint density at radius 1 is 1.21 bits per heavy atom. The minimum atomic E-state index is -4.35. The standard InChI is InChI=1S/C14H14F3NO/c1-18(12-6-3-7-13(19)9-12)11-5-2-4-10(8-11)14(15,16)17/h2,4-5,8-9H,3,6-7H2,1H3. The third kappa shape index (κ3) is 3.16. The highest BCUT2D eigenvalue weighted by Gasteiger charge is 2.30. The Morgan fingerprint density at radius 2 is 1.95 bits per heavy atom. The van der Waals surface area contributed by atoms with Crippen molar-refractivity contribution in [3.63, 3.8) is 0 Å². The van der Waals surface area contributed by atoms with Crippen molar-refractivity contribution < 1.29 is 18.0 Å². The van der Waals surface area contributed by atoms with E-state index in [1.165, 1.54) is 12.1 Å². The Hall–Kier alpha value is -1.78. The van der Waals surface area contributed by atoms with Crippen molar-refractivity contribution in [3.05, 3.63) is 41.6 Å². The molecule has 1 aliphatic carbocycles. The normalized spacial score (nSPS) is 16.2. The van der Waals surface area contributed by atoms with Crippen LogP contribution >= 0.6 is 0 Å². The molecule has 0 atom stereocenters. The molecule has 0 amide bonds. The van der Waals surface area contributed by atoms with Gasteiger partial charge >= 0.3 is 6.18 Å². The lowest BCUT2D eigenvalue weighted by atomic mass is 10.0. The molecule has 102 valence electrons. The summed E-state index contributed by atoms with van der Waals surface area (Å²) in [6.07, 6.45) is -0.871. The van der Waals surface area contributed by atoms with E-state index >= 15 is 0 Å². The second kappa shape index (κ2) is 5.07. The maximum absolute atomic E-state index is 12.6. The summed E-state index contributed by atoms with van der Waals surface area (Å²) in [4.78, 5) is 13.0. The molecule has 2 nitrogen and oxygen atoms in total. The molecule has 0 spiro atoms. The summed E-state index contributed by atoms with van der Waals surface area (Å²) in [5.41, 5.74) is 0.519. The highest BCUT2D eigenvalue weighted by Crippen LogP contribution is 2.32. The number of rotatable bonds is 2. The maximum Gasteiger partial charge on any atom is 0.416 e. The minimum absolute atomic E-state index is 0.0278. The first kappa shape index (κ1) is 13.6. The Balaban J connectivity index is 2.29. The van der Waals surface area contributed by atoms with Gasteiger partial charge in [0, 0.05) is 30.9 Å². The molecule has 0 heterocycles. The molecule has 1 aliphatic rings. The molecule has 0 aliphatic heterocycles. The summed E-state index contributed by atoms with van der Waals surface area (Å²) in [5, 5.41) is 0. The fourth-order valence-corrected chi connectivity index (χ4v) is 2.10. The topological polar surface area (TPSA) is 20.3 Å². The van der Waals surface area contributed by atoms with Crippen LogP contribution in [0, 0.1) is 0 Å². The van der Waals surface area contributed by atoms with Crippen molar-refractivity contribution in [2.24, 2.45) is 0 Å². The SMILES string of the molecule is CN(C1=CC(=O)CCC1)c1cccc(C(F)(F)F)c1. The molecule has 0 unspecified atom stereocenters. The zero-order valence-corrected chi connectivity index (χ0v) is 10.5. The van der Waals surface area contributed by atoms with E-state index in [2.05, 4.69) is 0 Å². The molecule has 19 heavy (non-hydrogen) atoms. The van der Waals surface area contributed by atoms with Gasteiger partial charge in [-0.05, 0) is 31.0 Å². The van der Waals surface area contributed by atoms with Crippen LogP contribution in [-0.2, 0) is 11.0 Å². The molecular weight excluding hydrogens is 255 g/mol. The number of benzene rings is 1. The number of ketones is 1. The van der Waals surface area contributed by atoms with Gasteiger partial charge in [-0.25, -0.2) is 0 Å². The van der Waals surface area contributed by atoms with Gasteiger partial charge in [-0.2, -0.15) is 13.2 Å². The number of carbonyl (C=O) groups is 1. The van der Waals surface area contributed by atoms with E-state index in [0.717, 1.165) is 24.3 Å². The lowest BCUT2D eigenvalue weighted by Gasteiger charge is -2.25. The molecule has 0 N–H and O–H groups in total. The van der Waals surface area contributed by atoms with Crippen LogP contribution < -0.4 is 4.90 Å². The van der Waals surface area contributed by atoms with Gasteiger partial charge in [-0.1, -0.05) is 6.07 Å². The molecule has 2 rings (SSSR count). The monoisotopic (exact) mass is 269 g/mol. The number of halogens is 3. The Labute approximate surface area is 109 Å². The van der Waals surface area contributed by atoms with E-state index in [1.807, 2.05) is 0 Å². The van der Waals surface area contributed by atoms with Gasteiger partial charge in [-0.3, -0.25) is 4.79 Å². The van der Waals surface area contributed by atoms with Crippen molar-refractivity contribution in [2.75, 3.05) is 11.9 Å². The molecule has 1 aromatic carbocycles. The van der Waals surface area contributed by atoms with Crippen molar-refractivity contribution in [3.8, 4) is 0 Å². The van der Waals surface area contributed by atoms with Crippen LogP contribution in [0.3, 0.4) is 0 Å². The minimum Gasteiger partial charge on any atom is -0.348 e. The zero-order chi connectivity index (χ0) is 14.0. The lowest BCUT2D eigenvalue weighted by molar-refractivity contribution is -0.137. The van der Waals surface area contributed by atoms with Crippen LogP contribution in [0.2, 0.25) is 0 Å². The van der Waals surface area contributed by atoms with E-state index in [0.29, 0.717) is 18.5 Å². The molecule has 0 radical (unpaired) electrons. The molecule has 0 saturated carbocycles. The highest BCUT2D eigenvalue weighted by atomic mass is 19.4. The van der Waals surface area contributed by atoms with Crippen molar-refractivity contribution >= 4 is 11.5 Å². The fraction of sp³-hybridized carbons (Fsp3) is 0.357. The zero-order valence-electron chi connectivity index (χ0n) is 10.5. The summed E-state index contributed by atoms with van der Waals surface area (Å²) in [6.45, 7) is 0. The largest absolute Gasteiger partial charge is 0.416 e. The number of nitrogens with zero attached hydrogens (tertiary/aromatic N) is 1. The van der Waals surface area contributed by atoms with E-state index in [4.69, 9.17) is 0 Å². The van der Waals surface area contributed by atoms with Crippen LogP contribution in [0.15, 0.2) is 36.0 Å². The van der Waals surface area contributed by atoms with Crippen molar-refractivity contribution in [2.45, 2.75) is 25.4 Å².